The van der Waals surface area contributed by atoms with Gasteiger partial charge < -0.3 is 10.3 Å². The Morgan fingerprint density at radius 2 is 1.95 bits per heavy atom. The van der Waals surface area contributed by atoms with Crippen LogP contribution in [0, 0.1) is 17.2 Å². The number of hydrogen-bond acceptors (Lipinski definition) is 5. The topological polar surface area (TPSA) is 88.7 Å². The Bertz CT molecular complexity index is 660. The number of nitrogens with zero attached hydrogens (tertiary/aromatic N) is 3. The molecule has 0 amide bonds. The Labute approximate surface area is 123 Å². The summed E-state index contributed by atoms with van der Waals surface area (Å²) in [6.45, 7) is 2.25. The molecule has 5 heteroatoms. The van der Waals surface area contributed by atoms with Crippen molar-refractivity contribution in [2.45, 2.75) is 38.1 Å². The van der Waals surface area contributed by atoms with Crippen LogP contribution >= 0.6 is 0 Å². The summed E-state index contributed by atoms with van der Waals surface area (Å²) < 4.78 is 5.35. The smallest absolute Gasteiger partial charge is 0.257 e. The first-order valence-electron chi connectivity index (χ1n) is 7.24. The van der Waals surface area contributed by atoms with Crippen molar-refractivity contribution < 1.29 is 4.52 Å². The second-order valence-corrected chi connectivity index (χ2v) is 5.95. The highest BCUT2D eigenvalue weighted by atomic mass is 16.5. The van der Waals surface area contributed by atoms with Gasteiger partial charge in [0.1, 0.15) is 0 Å². The van der Waals surface area contributed by atoms with E-state index < -0.39 is 5.54 Å². The third-order valence-corrected chi connectivity index (χ3v) is 4.30. The monoisotopic (exact) mass is 282 g/mol. The predicted octanol–water partition coefficient (Wildman–Crippen LogP) is 2.97. The number of hydrogen-bond donors (Lipinski definition) is 1. The fourth-order valence-corrected chi connectivity index (χ4v) is 2.73. The van der Waals surface area contributed by atoms with E-state index in [9.17, 15) is 0 Å². The Morgan fingerprint density at radius 1 is 1.29 bits per heavy atom. The first-order valence-corrected chi connectivity index (χ1v) is 7.24. The van der Waals surface area contributed by atoms with Crippen LogP contribution in [0.3, 0.4) is 0 Å². The molecular formula is C16H18N4O. The molecule has 0 bridgehead atoms. The number of nitriles is 1. The fourth-order valence-electron chi connectivity index (χ4n) is 2.73. The van der Waals surface area contributed by atoms with Crippen LogP contribution < -0.4 is 5.73 Å². The van der Waals surface area contributed by atoms with Gasteiger partial charge >= 0.3 is 0 Å². The number of rotatable bonds is 2. The van der Waals surface area contributed by atoms with E-state index in [1.54, 1.807) is 12.1 Å². The van der Waals surface area contributed by atoms with Gasteiger partial charge in [0.25, 0.3) is 5.89 Å². The molecule has 1 aliphatic rings. The molecule has 3 rings (SSSR count). The summed E-state index contributed by atoms with van der Waals surface area (Å²) in [5, 5.41) is 12.9. The molecule has 1 aliphatic carbocycles. The SMILES string of the molecule is CC1CCC(N)(c2noc(-c3ccc(C#N)cc3)n2)CC1. The highest BCUT2D eigenvalue weighted by Gasteiger charge is 2.36. The standard InChI is InChI=1S/C16H18N4O/c1-11-6-8-16(18,9-7-11)15-19-14(21-20-15)13-4-2-12(10-17)3-5-13/h2-5,11H,6-9,18H2,1H3. The Morgan fingerprint density at radius 3 is 2.57 bits per heavy atom. The van der Waals surface area contributed by atoms with Crippen molar-refractivity contribution in [1.82, 2.24) is 10.1 Å². The normalized spacial score (nSPS) is 25.5. The molecule has 0 atom stereocenters. The maximum Gasteiger partial charge on any atom is 0.257 e. The lowest BCUT2D eigenvalue weighted by Gasteiger charge is -2.33. The molecule has 2 aromatic rings. The lowest BCUT2D eigenvalue weighted by atomic mass is 9.77. The molecule has 0 saturated heterocycles. The van der Waals surface area contributed by atoms with E-state index in [0.29, 0.717) is 23.2 Å². The molecule has 1 fully saturated rings. The minimum Gasteiger partial charge on any atom is -0.334 e. The van der Waals surface area contributed by atoms with Crippen molar-refractivity contribution in [3.8, 4) is 17.5 Å². The zero-order chi connectivity index (χ0) is 14.9. The van der Waals surface area contributed by atoms with Crippen LogP contribution in [0.1, 0.15) is 44.0 Å². The molecule has 0 aliphatic heterocycles. The van der Waals surface area contributed by atoms with Crippen LogP contribution in [0.2, 0.25) is 0 Å². The largest absolute Gasteiger partial charge is 0.334 e. The lowest BCUT2D eigenvalue weighted by molar-refractivity contribution is 0.230. The molecule has 0 unspecified atom stereocenters. The highest BCUT2D eigenvalue weighted by Crippen LogP contribution is 2.36. The Hall–Kier alpha value is -2.19. The summed E-state index contributed by atoms with van der Waals surface area (Å²) in [5.74, 6) is 1.76. The van der Waals surface area contributed by atoms with Crippen LogP contribution in [-0.2, 0) is 5.54 Å². The highest BCUT2D eigenvalue weighted by molar-refractivity contribution is 5.54. The maximum atomic E-state index is 8.81. The first-order chi connectivity index (χ1) is 10.1. The summed E-state index contributed by atoms with van der Waals surface area (Å²) in [6.07, 6.45) is 3.97. The summed E-state index contributed by atoms with van der Waals surface area (Å²) in [4.78, 5) is 4.47. The minimum absolute atomic E-state index is 0.456. The van der Waals surface area contributed by atoms with Crippen LogP contribution in [0.4, 0.5) is 0 Å². The molecule has 0 spiro atoms. The summed E-state index contributed by atoms with van der Waals surface area (Å²) in [6, 6.07) is 9.17. The van der Waals surface area contributed by atoms with E-state index in [-0.39, 0.29) is 0 Å². The van der Waals surface area contributed by atoms with Gasteiger partial charge in [0.2, 0.25) is 0 Å². The molecule has 1 saturated carbocycles. The van der Waals surface area contributed by atoms with E-state index >= 15 is 0 Å². The van der Waals surface area contributed by atoms with E-state index in [4.69, 9.17) is 15.5 Å². The number of benzene rings is 1. The molecule has 108 valence electrons. The van der Waals surface area contributed by atoms with E-state index in [0.717, 1.165) is 31.2 Å². The molecular weight excluding hydrogens is 264 g/mol. The lowest BCUT2D eigenvalue weighted by Crippen LogP contribution is -2.41. The second-order valence-electron chi connectivity index (χ2n) is 5.95. The fraction of sp³-hybridized carbons (Fsp3) is 0.438. The van der Waals surface area contributed by atoms with Gasteiger partial charge in [-0.15, -0.1) is 0 Å². The molecule has 21 heavy (non-hydrogen) atoms. The number of nitrogens with two attached hydrogens (primary N) is 1. The van der Waals surface area contributed by atoms with Crippen LogP contribution in [-0.4, -0.2) is 10.1 Å². The third kappa shape index (κ3) is 2.67. The van der Waals surface area contributed by atoms with Crippen molar-refractivity contribution in [3.63, 3.8) is 0 Å². The van der Waals surface area contributed by atoms with Gasteiger partial charge in [-0.2, -0.15) is 10.2 Å². The summed E-state index contributed by atoms with van der Waals surface area (Å²) in [7, 11) is 0. The van der Waals surface area contributed by atoms with Crippen LogP contribution in [0.15, 0.2) is 28.8 Å². The van der Waals surface area contributed by atoms with E-state index in [1.807, 2.05) is 12.1 Å². The quantitative estimate of drug-likeness (QED) is 0.914. The van der Waals surface area contributed by atoms with Gasteiger partial charge in [-0.1, -0.05) is 12.1 Å². The first kappa shape index (κ1) is 13.8. The van der Waals surface area contributed by atoms with E-state index in [2.05, 4.69) is 23.1 Å². The zero-order valence-electron chi connectivity index (χ0n) is 12.0. The molecule has 5 nitrogen and oxygen atoms in total. The molecule has 1 aromatic carbocycles. The van der Waals surface area contributed by atoms with Crippen molar-refractivity contribution in [2.24, 2.45) is 11.7 Å². The number of aromatic nitrogens is 2. The van der Waals surface area contributed by atoms with Crippen molar-refractivity contribution in [2.75, 3.05) is 0 Å². The summed E-state index contributed by atoms with van der Waals surface area (Å²) in [5.41, 5.74) is 7.39. The van der Waals surface area contributed by atoms with E-state index in [1.165, 1.54) is 0 Å². The molecule has 2 N–H and O–H groups in total. The van der Waals surface area contributed by atoms with Gasteiger partial charge in [-0.05, 0) is 55.9 Å². The van der Waals surface area contributed by atoms with Crippen molar-refractivity contribution >= 4 is 0 Å². The Kier molecular flexibility index (Phi) is 3.48. The van der Waals surface area contributed by atoms with Crippen LogP contribution in [0.5, 0.6) is 0 Å². The van der Waals surface area contributed by atoms with Gasteiger partial charge in [-0.25, -0.2) is 0 Å². The van der Waals surface area contributed by atoms with Gasteiger partial charge in [0.15, 0.2) is 5.82 Å². The van der Waals surface area contributed by atoms with Crippen LogP contribution in [0.25, 0.3) is 11.5 Å². The van der Waals surface area contributed by atoms with Gasteiger partial charge in [-0.3, -0.25) is 0 Å². The Balaban J connectivity index is 1.84. The molecule has 1 heterocycles. The zero-order valence-corrected chi connectivity index (χ0v) is 12.0. The van der Waals surface area contributed by atoms with Crippen molar-refractivity contribution in [1.29, 1.82) is 5.26 Å². The maximum absolute atomic E-state index is 8.81. The average molecular weight is 282 g/mol. The molecule has 1 aromatic heterocycles. The average Bonchev–Trinajstić information content (AvgIpc) is 3.01. The predicted molar refractivity (Wildman–Crippen MR) is 77.9 cm³/mol. The minimum atomic E-state index is -0.471. The summed E-state index contributed by atoms with van der Waals surface area (Å²) >= 11 is 0. The second kappa shape index (κ2) is 5.30. The molecule has 0 radical (unpaired) electrons. The third-order valence-electron chi connectivity index (χ3n) is 4.30. The van der Waals surface area contributed by atoms with Crippen molar-refractivity contribution in [3.05, 3.63) is 35.7 Å². The van der Waals surface area contributed by atoms with Gasteiger partial charge in [0, 0.05) is 5.56 Å². The van der Waals surface area contributed by atoms with Gasteiger partial charge in [0.05, 0.1) is 17.2 Å².